The maximum absolute atomic E-state index is 11.3. The summed E-state index contributed by atoms with van der Waals surface area (Å²) in [5.74, 6) is 2.92. The Morgan fingerprint density at radius 2 is 1.81 bits per heavy atom. The number of nitrogens with one attached hydrogen (secondary N) is 1. The molecule has 6 heteroatoms. The Morgan fingerprint density at radius 1 is 1.03 bits per heavy atom. The Balaban J connectivity index is 1.60. The van der Waals surface area contributed by atoms with Gasteiger partial charge in [0.2, 0.25) is 0 Å². The minimum Gasteiger partial charge on any atom is -0.504 e. The highest BCUT2D eigenvalue weighted by Crippen LogP contribution is 2.58. The first kappa shape index (κ1) is 21.0. The van der Waals surface area contributed by atoms with Gasteiger partial charge in [-0.15, -0.1) is 0 Å². The fourth-order valence-electron chi connectivity index (χ4n) is 6.24. The first-order valence-electron chi connectivity index (χ1n) is 11.3. The van der Waals surface area contributed by atoms with E-state index in [1.54, 1.807) is 21.3 Å². The predicted octanol–water partition coefficient (Wildman–Crippen LogP) is 3.94. The number of anilines is 1. The fourth-order valence-corrected chi connectivity index (χ4v) is 6.24. The topological polar surface area (TPSA) is 63.2 Å². The lowest BCUT2D eigenvalue weighted by atomic mass is 9.53. The molecule has 2 aromatic rings. The predicted molar refractivity (Wildman–Crippen MR) is 125 cm³/mol. The van der Waals surface area contributed by atoms with Crippen molar-refractivity contribution < 1.29 is 19.3 Å². The minimum atomic E-state index is -0.171. The number of rotatable bonds is 5. The summed E-state index contributed by atoms with van der Waals surface area (Å²) >= 11 is 0. The van der Waals surface area contributed by atoms with Gasteiger partial charge in [-0.05, 0) is 74.8 Å². The molecular weight excluding hydrogens is 404 g/mol. The van der Waals surface area contributed by atoms with Gasteiger partial charge < -0.3 is 29.5 Å². The van der Waals surface area contributed by atoms with Gasteiger partial charge in [0.25, 0.3) is 0 Å². The van der Waals surface area contributed by atoms with Crippen molar-refractivity contribution in [2.45, 2.75) is 36.8 Å². The first-order valence-corrected chi connectivity index (χ1v) is 11.3. The number of nitrogens with zero attached hydrogens (tertiary/aromatic N) is 1. The zero-order valence-electron chi connectivity index (χ0n) is 19.2. The van der Waals surface area contributed by atoms with Crippen molar-refractivity contribution in [3.8, 4) is 17.2 Å². The van der Waals surface area contributed by atoms with Crippen LogP contribution < -0.4 is 14.8 Å². The molecule has 1 fully saturated rings. The molecule has 6 nitrogen and oxygen atoms in total. The first-order chi connectivity index (χ1) is 15.5. The highest BCUT2D eigenvalue weighted by molar-refractivity contribution is 5.58. The van der Waals surface area contributed by atoms with Crippen molar-refractivity contribution >= 4 is 5.69 Å². The summed E-state index contributed by atoms with van der Waals surface area (Å²) in [5.41, 5.74) is 3.15. The van der Waals surface area contributed by atoms with Crippen LogP contribution in [0, 0.1) is 5.92 Å². The standard InChI is InChI=1S/C26H32N2O4/c1-28-12-11-26-15-20(27-17-6-8-18(30-2)9-7-17)23(32-4)14-19(26)21(28)13-16-5-10-22(31-3)25(29)24(16)26/h5-10,14,19-21,27,29H,11-13,15H2,1-4H3/t19-,20?,21+,26-/m1/s1. The maximum Gasteiger partial charge on any atom is 0.161 e. The van der Waals surface area contributed by atoms with Crippen molar-refractivity contribution in [2.75, 3.05) is 40.2 Å². The van der Waals surface area contributed by atoms with Crippen molar-refractivity contribution in [2.24, 2.45) is 5.92 Å². The van der Waals surface area contributed by atoms with E-state index in [1.807, 2.05) is 30.3 Å². The number of piperidine rings is 1. The van der Waals surface area contributed by atoms with E-state index in [4.69, 9.17) is 14.2 Å². The quantitative estimate of drug-likeness (QED) is 0.740. The van der Waals surface area contributed by atoms with Gasteiger partial charge in [0.15, 0.2) is 11.5 Å². The molecule has 0 spiro atoms. The average Bonchev–Trinajstić information content (AvgIpc) is 2.81. The fraction of sp³-hybridized carbons (Fsp3) is 0.462. The van der Waals surface area contributed by atoms with E-state index < -0.39 is 0 Å². The van der Waals surface area contributed by atoms with E-state index in [9.17, 15) is 5.11 Å². The molecule has 2 aliphatic carbocycles. The highest BCUT2D eigenvalue weighted by Gasteiger charge is 2.56. The molecule has 2 bridgehead atoms. The molecule has 0 saturated carbocycles. The number of methoxy groups -OCH3 is 3. The molecule has 2 N–H and O–H groups in total. The zero-order valence-corrected chi connectivity index (χ0v) is 19.2. The van der Waals surface area contributed by atoms with Crippen LogP contribution in [0.2, 0.25) is 0 Å². The molecule has 170 valence electrons. The summed E-state index contributed by atoms with van der Waals surface area (Å²) in [5, 5.41) is 15.0. The van der Waals surface area contributed by atoms with Crippen molar-refractivity contribution in [3.63, 3.8) is 0 Å². The number of phenolic OH excluding ortho intramolecular Hbond substituents is 1. The Hall–Kier alpha value is -2.86. The van der Waals surface area contributed by atoms with Gasteiger partial charge in [0.1, 0.15) is 11.5 Å². The monoisotopic (exact) mass is 436 g/mol. The van der Waals surface area contributed by atoms with Gasteiger partial charge in [-0.3, -0.25) is 0 Å². The number of phenols is 1. The van der Waals surface area contributed by atoms with E-state index >= 15 is 0 Å². The molecule has 1 unspecified atom stereocenters. The molecule has 0 amide bonds. The summed E-state index contributed by atoms with van der Waals surface area (Å²) in [6.45, 7) is 1.00. The SMILES string of the molecule is COC1=C[C@@H]2[C@@H]3Cc4ccc(OC)c(O)c4[C@]2(CCN3C)CC1Nc1ccc(OC)cc1. The second kappa shape index (κ2) is 7.93. The van der Waals surface area contributed by atoms with Crippen LogP contribution in [0.25, 0.3) is 0 Å². The Morgan fingerprint density at radius 3 is 2.50 bits per heavy atom. The Labute approximate surface area is 189 Å². The smallest absolute Gasteiger partial charge is 0.161 e. The molecule has 32 heavy (non-hydrogen) atoms. The Kier molecular flexibility index (Phi) is 5.20. The average molecular weight is 437 g/mol. The summed E-state index contributed by atoms with van der Waals surface area (Å²) in [6, 6.07) is 12.4. The molecule has 5 rings (SSSR count). The van der Waals surface area contributed by atoms with Crippen LogP contribution in [-0.4, -0.2) is 57.0 Å². The zero-order chi connectivity index (χ0) is 22.5. The third-order valence-corrected chi connectivity index (χ3v) is 7.83. The van der Waals surface area contributed by atoms with Gasteiger partial charge in [-0.1, -0.05) is 6.07 Å². The largest absolute Gasteiger partial charge is 0.504 e. The van der Waals surface area contributed by atoms with Gasteiger partial charge >= 0.3 is 0 Å². The lowest BCUT2D eigenvalue weighted by molar-refractivity contribution is 0.0339. The van der Waals surface area contributed by atoms with Crippen LogP contribution in [0.15, 0.2) is 48.2 Å². The van der Waals surface area contributed by atoms with Crippen molar-refractivity contribution in [1.82, 2.24) is 4.90 Å². The second-order valence-corrected chi connectivity index (χ2v) is 9.24. The Bertz CT molecular complexity index is 1030. The van der Waals surface area contributed by atoms with Crippen LogP contribution in [0.3, 0.4) is 0 Å². The molecule has 0 radical (unpaired) electrons. The van der Waals surface area contributed by atoms with Crippen LogP contribution in [0.1, 0.15) is 24.0 Å². The van der Waals surface area contributed by atoms with Crippen molar-refractivity contribution in [1.29, 1.82) is 0 Å². The molecule has 0 aromatic heterocycles. The van der Waals surface area contributed by atoms with Crippen molar-refractivity contribution in [3.05, 3.63) is 59.4 Å². The molecular formula is C26H32N2O4. The van der Waals surface area contributed by atoms with Crippen LogP contribution >= 0.6 is 0 Å². The van der Waals surface area contributed by atoms with Gasteiger partial charge in [0.05, 0.1) is 27.4 Å². The number of ether oxygens (including phenoxy) is 3. The highest BCUT2D eigenvalue weighted by atomic mass is 16.5. The number of hydrogen-bond acceptors (Lipinski definition) is 6. The third kappa shape index (κ3) is 3.12. The lowest BCUT2D eigenvalue weighted by Crippen LogP contribution is -2.61. The van der Waals surface area contributed by atoms with E-state index in [1.165, 1.54) is 5.56 Å². The molecule has 2 aromatic carbocycles. The van der Waals surface area contributed by atoms with Gasteiger partial charge in [0, 0.05) is 28.6 Å². The van der Waals surface area contributed by atoms with Gasteiger partial charge in [-0.2, -0.15) is 0 Å². The summed E-state index contributed by atoms with van der Waals surface area (Å²) in [6.07, 6.45) is 5.06. The minimum absolute atomic E-state index is 0.00486. The molecule has 1 heterocycles. The molecule has 4 atom stereocenters. The summed E-state index contributed by atoms with van der Waals surface area (Å²) in [7, 11) is 7.26. The van der Waals surface area contributed by atoms with Crippen LogP contribution in [0.4, 0.5) is 5.69 Å². The van der Waals surface area contributed by atoms with Crippen LogP contribution in [-0.2, 0) is 16.6 Å². The molecule has 3 aliphatic rings. The number of fused-ring (bicyclic) bond motifs is 1. The normalized spacial score (nSPS) is 28.8. The molecule has 1 aliphatic heterocycles. The number of hydrogen-bond donors (Lipinski definition) is 2. The van der Waals surface area contributed by atoms with E-state index in [2.05, 4.69) is 29.4 Å². The maximum atomic E-state index is 11.3. The number of likely N-dealkylation sites (N-methyl/N-ethyl adjacent to an activating group) is 1. The van der Waals surface area contributed by atoms with E-state index in [0.717, 1.165) is 48.6 Å². The number of likely N-dealkylation sites (tertiary alicyclic amines) is 1. The lowest BCUT2D eigenvalue weighted by Gasteiger charge is -2.58. The number of aromatic hydroxyl groups is 1. The van der Waals surface area contributed by atoms with Crippen LogP contribution in [0.5, 0.6) is 17.2 Å². The van der Waals surface area contributed by atoms with E-state index in [0.29, 0.717) is 17.5 Å². The van der Waals surface area contributed by atoms with Gasteiger partial charge in [-0.25, -0.2) is 0 Å². The number of benzene rings is 2. The summed E-state index contributed by atoms with van der Waals surface area (Å²) in [4.78, 5) is 2.47. The third-order valence-electron chi connectivity index (χ3n) is 7.83. The summed E-state index contributed by atoms with van der Waals surface area (Å²) < 4.78 is 16.7. The van der Waals surface area contributed by atoms with E-state index in [-0.39, 0.29) is 17.4 Å². The second-order valence-electron chi connectivity index (χ2n) is 9.24. The molecule has 1 saturated heterocycles.